The molecule has 0 amide bonds. The average molecular weight is 288 g/mol. The number of carbonyl (C=O) groups is 1. The van der Waals surface area contributed by atoms with Crippen LogP contribution in [0.15, 0.2) is 10.8 Å². The largest absolute Gasteiger partial charge is 0.464 e. The first kappa shape index (κ1) is 12.9. The van der Waals surface area contributed by atoms with Gasteiger partial charge in [-0.2, -0.15) is 0 Å². The third kappa shape index (κ3) is 3.44. The summed E-state index contributed by atoms with van der Waals surface area (Å²) in [7, 11) is 0. The maximum Gasteiger partial charge on any atom is 0.328 e. The van der Waals surface area contributed by atoms with Crippen LogP contribution in [0.4, 0.5) is 5.82 Å². The standard InChI is InChI=1S/C10H14BrN3O2/c1-4-16-10(15)7(3)14-9-8(11)13-6(2)5-12-9/h5,7H,4H2,1-3H3,(H,12,14). The van der Waals surface area contributed by atoms with Gasteiger partial charge >= 0.3 is 5.97 Å². The number of carbonyl (C=O) groups excluding carboxylic acids is 1. The number of halogens is 1. The third-order valence-electron chi connectivity index (χ3n) is 1.84. The maximum atomic E-state index is 11.4. The van der Waals surface area contributed by atoms with E-state index in [0.29, 0.717) is 17.0 Å². The number of hydrogen-bond donors (Lipinski definition) is 1. The minimum atomic E-state index is -0.451. The van der Waals surface area contributed by atoms with Gasteiger partial charge in [0.2, 0.25) is 0 Å². The van der Waals surface area contributed by atoms with Crippen LogP contribution < -0.4 is 5.32 Å². The second-order valence-corrected chi connectivity index (χ2v) is 4.02. The highest BCUT2D eigenvalue weighted by atomic mass is 79.9. The second kappa shape index (κ2) is 5.79. The van der Waals surface area contributed by atoms with Gasteiger partial charge in [-0.1, -0.05) is 0 Å². The summed E-state index contributed by atoms with van der Waals surface area (Å²) in [6.07, 6.45) is 1.63. The highest BCUT2D eigenvalue weighted by molar-refractivity contribution is 9.10. The van der Waals surface area contributed by atoms with E-state index < -0.39 is 6.04 Å². The minimum Gasteiger partial charge on any atom is -0.464 e. The molecule has 0 bridgehead atoms. The van der Waals surface area contributed by atoms with Crippen LogP contribution in [0.1, 0.15) is 19.5 Å². The summed E-state index contributed by atoms with van der Waals surface area (Å²) in [6.45, 7) is 5.69. The molecule has 1 heterocycles. The second-order valence-electron chi connectivity index (χ2n) is 3.27. The van der Waals surface area contributed by atoms with Crippen molar-refractivity contribution >= 4 is 27.7 Å². The molecule has 1 rings (SSSR count). The molecular weight excluding hydrogens is 274 g/mol. The van der Waals surface area contributed by atoms with Crippen LogP contribution in [0.5, 0.6) is 0 Å². The fourth-order valence-electron chi connectivity index (χ4n) is 1.08. The monoisotopic (exact) mass is 287 g/mol. The van der Waals surface area contributed by atoms with Crippen molar-refractivity contribution in [3.63, 3.8) is 0 Å². The molecule has 1 aromatic heterocycles. The molecule has 0 spiro atoms. The number of esters is 1. The van der Waals surface area contributed by atoms with Crippen molar-refractivity contribution < 1.29 is 9.53 Å². The number of anilines is 1. The zero-order valence-electron chi connectivity index (χ0n) is 9.45. The van der Waals surface area contributed by atoms with E-state index >= 15 is 0 Å². The van der Waals surface area contributed by atoms with E-state index in [4.69, 9.17) is 4.74 Å². The summed E-state index contributed by atoms with van der Waals surface area (Å²) in [5, 5.41) is 2.93. The van der Waals surface area contributed by atoms with Crippen molar-refractivity contribution in [1.29, 1.82) is 0 Å². The summed E-state index contributed by atoms with van der Waals surface area (Å²) >= 11 is 3.28. The first-order chi connectivity index (χ1) is 7.54. The van der Waals surface area contributed by atoms with Crippen molar-refractivity contribution in [3.05, 3.63) is 16.5 Å². The molecule has 1 atom stereocenters. The van der Waals surface area contributed by atoms with Gasteiger partial charge in [0, 0.05) is 0 Å². The lowest BCUT2D eigenvalue weighted by atomic mass is 10.3. The van der Waals surface area contributed by atoms with Crippen LogP contribution in [0.25, 0.3) is 0 Å². The fraction of sp³-hybridized carbons (Fsp3) is 0.500. The molecule has 88 valence electrons. The van der Waals surface area contributed by atoms with Crippen LogP contribution in [0.3, 0.4) is 0 Å². The zero-order chi connectivity index (χ0) is 12.1. The van der Waals surface area contributed by atoms with E-state index in [1.165, 1.54) is 0 Å². The molecule has 1 N–H and O–H groups in total. The minimum absolute atomic E-state index is 0.309. The number of hydrogen-bond acceptors (Lipinski definition) is 5. The van der Waals surface area contributed by atoms with E-state index in [2.05, 4.69) is 31.2 Å². The molecular formula is C10H14BrN3O2. The molecule has 0 radical (unpaired) electrons. The predicted octanol–water partition coefficient (Wildman–Crippen LogP) is 1.91. The Balaban J connectivity index is 2.69. The Hall–Kier alpha value is -1.17. The Morgan fingerprint density at radius 1 is 1.69 bits per heavy atom. The lowest BCUT2D eigenvalue weighted by Crippen LogP contribution is -2.28. The van der Waals surface area contributed by atoms with Gasteiger partial charge in [-0.15, -0.1) is 0 Å². The number of aromatic nitrogens is 2. The van der Waals surface area contributed by atoms with Gasteiger partial charge in [-0.25, -0.2) is 14.8 Å². The first-order valence-corrected chi connectivity index (χ1v) is 5.76. The number of nitrogens with zero attached hydrogens (tertiary/aromatic N) is 2. The average Bonchev–Trinajstić information content (AvgIpc) is 2.22. The smallest absolute Gasteiger partial charge is 0.328 e. The molecule has 1 aromatic rings. The molecule has 0 saturated heterocycles. The van der Waals surface area contributed by atoms with Crippen LogP contribution >= 0.6 is 15.9 Å². The molecule has 6 heteroatoms. The van der Waals surface area contributed by atoms with Crippen LogP contribution in [-0.4, -0.2) is 28.6 Å². The van der Waals surface area contributed by atoms with Gasteiger partial charge in [-0.3, -0.25) is 0 Å². The van der Waals surface area contributed by atoms with Gasteiger partial charge in [0.1, 0.15) is 10.6 Å². The van der Waals surface area contributed by atoms with Crippen LogP contribution in [-0.2, 0) is 9.53 Å². The topological polar surface area (TPSA) is 64.1 Å². The molecule has 16 heavy (non-hydrogen) atoms. The highest BCUT2D eigenvalue weighted by Crippen LogP contribution is 2.17. The Bertz CT molecular complexity index is 384. The quantitative estimate of drug-likeness (QED) is 0.857. The SMILES string of the molecule is CCOC(=O)C(C)Nc1ncc(C)nc1Br. The van der Waals surface area contributed by atoms with Crippen molar-refractivity contribution in [1.82, 2.24) is 9.97 Å². The van der Waals surface area contributed by atoms with E-state index in [-0.39, 0.29) is 5.97 Å². The summed E-state index contributed by atoms with van der Waals surface area (Å²) in [4.78, 5) is 19.7. The van der Waals surface area contributed by atoms with E-state index in [9.17, 15) is 4.79 Å². The molecule has 1 unspecified atom stereocenters. The van der Waals surface area contributed by atoms with E-state index in [1.54, 1.807) is 20.0 Å². The molecule has 0 aromatic carbocycles. The fourth-order valence-corrected chi connectivity index (χ4v) is 1.57. The Morgan fingerprint density at radius 3 is 2.94 bits per heavy atom. The molecule has 0 fully saturated rings. The normalized spacial score (nSPS) is 12.0. The Morgan fingerprint density at radius 2 is 2.38 bits per heavy atom. The van der Waals surface area contributed by atoms with Gasteiger partial charge in [0.15, 0.2) is 5.82 Å². The summed E-state index contributed by atoms with van der Waals surface area (Å²) in [5.41, 5.74) is 0.807. The number of nitrogens with one attached hydrogen (secondary N) is 1. The van der Waals surface area contributed by atoms with Crippen LogP contribution in [0.2, 0.25) is 0 Å². The lowest BCUT2D eigenvalue weighted by Gasteiger charge is -2.13. The third-order valence-corrected chi connectivity index (χ3v) is 2.40. The summed E-state index contributed by atoms with van der Waals surface area (Å²) in [5.74, 6) is 0.225. The molecule has 0 aliphatic carbocycles. The van der Waals surface area contributed by atoms with Gasteiger partial charge < -0.3 is 10.1 Å². The van der Waals surface area contributed by atoms with Crippen molar-refractivity contribution in [3.8, 4) is 0 Å². The predicted molar refractivity (Wildman–Crippen MR) is 64.2 cm³/mol. The van der Waals surface area contributed by atoms with Crippen molar-refractivity contribution in [2.45, 2.75) is 26.8 Å². The number of rotatable bonds is 4. The van der Waals surface area contributed by atoms with Crippen molar-refractivity contribution in [2.75, 3.05) is 11.9 Å². The van der Waals surface area contributed by atoms with E-state index in [0.717, 1.165) is 5.69 Å². The molecule has 0 aliphatic rings. The summed E-state index contributed by atoms with van der Waals surface area (Å²) < 4.78 is 5.46. The molecule has 0 saturated carbocycles. The molecule has 5 nitrogen and oxygen atoms in total. The highest BCUT2D eigenvalue weighted by Gasteiger charge is 2.15. The molecule has 0 aliphatic heterocycles. The van der Waals surface area contributed by atoms with Crippen LogP contribution in [0, 0.1) is 6.92 Å². The van der Waals surface area contributed by atoms with E-state index in [1.807, 2.05) is 6.92 Å². The first-order valence-electron chi connectivity index (χ1n) is 4.97. The van der Waals surface area contributed by atoms with Gasteiger partial charge in [0.05, 0.1) is 18.5 Å². The summed E-state index contributed by atoms with van der Waals surface area (Å²) in [6, 6.07) is -0.451. The van der Waals surface area contributed by atoms with Gasteiger partial charge in [-0.05, 0) is 36.7 Å². The van der Waals surface area contributed by atoms with Crippen molar-refractivity contribution in [2.24, 2.45) is 0 Å². The Labute approximate surface area is 103 Å². The number of aryl methyl sites for hydroxylation is 1. The maximum absolute atomic E-state index is 11.4. The Kier molecular flexibility index (Phi) is 4.67. The number of ether oxygens (including phenoxy) is 1. The zero-order valence-corrected chi connectivity index (χ0v) is 11.0. The lowest BCUT2D eigenvalue weighted by molar-refractivity contribution is -0.143. The van der Waals surface area contributed by atoms with Gasteiger partial charge in [0.25, 0.3) is 0 Å².